The number of rotatable bonds is 2. The van der Waals surface area contributed by atoms with Gasteiger partial charge in [-0.1, -0.05) is 0 Å². The zero-order valence-corrected chi connectivity index (χ0v) is 10.7. The van der Waals surface area contributed by atoms with Crippen LogP contribution in [0.2, 0.25) is 0 Å². The Morgan fingerprint density at radius 2 is 2.20 bits per heavy atom. The molecular weight excluding hydrogens is 266 g/mol. The van der Waals surface area contributed by atoms with Crippen molar-refractivity contribution >= 4 is 17.0 Å². The standard InChI is InChI=1S/C11H15N5O4/c1-11(19)7(18)5(2-17)20-10(11)16-4-15-6-8(12)13-3-14-9(6)16/h3-5,7,10,17-19H,2H2,1H3,(H2,12,13,14)/t5-,7+,10-,11-/m1/s1. The van der Waals surface area contributed by atoms with Crippen LogP contribution in [0.15, 0.2) is 12.7 Å². The molecule has 0 unspecified atom stereocenters. The highest BCUT2D eigenvalue weighted by molar-refractivity contribution is 5.81. The normalized spacial score (nSPS) is 33.9. The molecule has 9 heteroatoms. The molecule has 0 bridgehead atoms. The number of aliphatic hydroxyl groups is 3. The number of fused-ring (bicyclic) bond motifs is 1. The second kappa shape index (κ2) is 4.35. The lowest BCUT2D eigenvalue weighted by Crippen LogP contribution is -2.44. The molecule has 0 saturated carbocycles. The van der Waals surface area contributed by atoms with Crippen LogP contribution in [0, 0.1) is 0 Å². The lowest BCUT2D eigenvalue weighted by molar-refractivity contribution is -0.0950. The van der Waals surface area contributed by atoms with Crippen LogP contribution in [0.25, 0.3) is 11.2 Å². The monoisotopic (exact) mass is 281 g/mol. The Labute approximate surface area is 113 Å². The highest BCUT2D eigenvalue weighted by atomic mass is 16.6. The number of anilines is 1. The summed E-state index contributed by atoms with van der Waals surface area (Å²) in [5.41, 5.74) is 4.87. The summed E-state index contributed by atoms with van der Waals surface area (Å²) < 4.78 is 6.97. The summed E-state index contributed by atoms with van der Waals surface area (Å²) in [4.78, 5) is 12.0. The van der Waals surface area contributed by atoms with Crippen LogP contribution in [0.5, 0.6) is 0 Å². The van der Waals surface area contributed by atoms with E-state index >= 15 is 0 Å². The second-order valence-electron chi connectivity index (χ2n) is 4.96. The smallest absolute Gasteiger partial charge is 0.168 e. The molecular formula is C11H15N5O4. The van der Waals surface area contributed by atoms with Gasteiger partial charge in [-0.3, -0.25) is 4.57 Å². The highest BCUT2D eigenvalue weighted by Crippen LogP contribution is 2.39. The van der Waals surface area contributed by atoms with E-state index in [1.54, 1.807) is 0 Å². The maximum atomic E-state index is 10.4. The average Bonchev–Trinajstić information content (AvgIpc) is 2.92. The third-order valence-corrected chi connectivity index (χ3v) is 3.57. The fraction of sp³-hybridized carbons (Fsp3) is 0.545. The minimum atomic E-state index is -1.60. The maximum absolute atomic E-state index is 10.4. The maximum Gasteiger partial charge on any atom is 0.168 e. The molecule has 0 aliphatic carbocycles. The van der Waals surface area contributed by atoms with Gasteiger partial charge >= 0.3 is 0 Å². The lowest BCUT2D eigenvalue weighted by Gasteiger charge is -2.27. The van der Waals surface area contributed by atoms with Gasteiger partial charge in [-0.05, 0) is 6.92 Å². The second-order valence-corrected chi connectivity index (χ2v) is 4.96. The SMILES string of the molecule is C[C@@]1(O)[C@@H](O)[C@@H](CO)O[C@H]1n1cnc2c(N)ncnc21. The molecule has 0 spiro atoms. The Kier molecular flexibility index (Phi) is 2.87. The van der Waals surface area contributed by atoms with E-state index in [4.69, 9.17) is 10.5 Å². The Morgan fingerprint density at radius 1 is 1.45 bits per heavy atom. The average molecular weight is 281 g/mol. The molecule has 4 atom stereocenters. The molecule has 20 heavy (non-hydrogen) atoms. The molecule has 2 aromatic rings. The van der Waals surface area contributed by atoms with Crippen molar-refractivity contribution < 1.29 is 20.1 Å². The van der Waals surface area contributed by atoms with Gasteiger partial charge in [-0.15, -0.1) is 0 Å². The molecule has 1 fully saturated rings. The third-order valence-electron chi connectivity index (χ3n) is 3.57. The van der Waals surface area contributed by atoms with Crippen molar-refractivity contribution in [3.8, 4) is 0 Å². The van der Waals surface area contributed by atoms with Crippen LogP contribution in [-0.2, 0) is 4.74 Å². The fourth-order valence-electron chi connectivity index (χ4n) is 2.43. The van der Waals surface area contributed by atoms with Crippen LogP contribution in [0.1, 0.15) is 13.2 Å². The quantitative estimate of drug-likeness (QED) is 0.516. The van der Waals surface area contributed by atoms with Crippen molar-refractivity contribution in [1.29, 1.82) is 0 Å². The largest absolute Gasteiger partial charge is 0.394 e. The predicted molar refractivity (Wildman–Crippen MR) is 67.4 cm³/mol. The van der Waals surface area contributed by atoms with Crippen molar-refractivity contribution in [2.75, 3.05) is 12.3 Å². The molecule has 3 rings (SSSR count). The summed E-state index contributed by atoms with van der Waals surface area (Å²) in [6.07, 6.45) is -0.365. The summed E-state index contributed by atoms with van der Waals surface area (Å²) in [7, 11) is 0. The zero-order valence-electron chi connectivity index (χ0n) is 10.7. The van der Waals surface area contributed by atoms with Crippen molar-refractivity contribution in [3.63, 3.8) is 0 Å². The van der Waals surface area contributed by atoms with Gasteiger partial charge in [0, 0.05) is 0 Å². The van der Waals surface area contributed by atoms with E-state index in [-0.39, 0.29) is 5.82 Å². The number of ether oxygens (including phenoxy) is 1. The van der Waals surface area contributed by atoms with E-state index in [0.717, 1.165) is 0 Å². The first-order valence-electron chi connectivity index (χ1n) is 6.06. The van der Waals surface area contributed by atoms with Gasteiger partial charge in [0.25, 0.3) is 0 Å². The van der Waals surface area contributed by atoms with Crippen LogP contribution >= 0.6 is 0 Å². The molecule has 108 valence electrons. The number of aliphatic hydroxyl groups excluding tert-OH is 2. The first-order valence-corrected chi connectivity index (χ1v) is 6.06. The third kappa shape index (κ3) is 1.68. The van der Waals surface area contributed by atoms with Crippen LogP contribution in [-0.4, -0.2) is 59.3 Å². The van der Waals surface area contributed by atoms with Gasteiger partial charge < -0.3 is 25.8 Å². The van der Waals surface area contributed by atoms with E-state index < -0.39 is 30.6 Å². The van der Waals surface area contributed by atoms with E-state index in [0.29, 0.717) is 11.2 Å². The number of nitrogens with two attached hydrogens (primary N) is 1. The lowest BCUT2D eigenvalue weighted by atomic mass is 9.96. The van der Waals surface area contributed by atoms with Crippen LogP contribution < -0.4 is 5.73 Å². The Bertz CT molecular complexity index is 643. The number of imidazole rings is 1. The number of hydrogen-bond donors (Lipinski definition) is 4. The molecule has 0 radical (unpaired) electrons. The first-order chi connectivity index (χ1) is 9.46. The fourth-order valence-corrected chi connectivity index (χ4v) is 2.43. The van der Waals surface area contributed by atoms with Crippen LogP contribution in [0.4, 0.5) is 5.82 Å². The topological polar surface area (TPSA) is 140 Å². The summed E-state index contributed by atoms with van der Waals surface area (Å²) in [5.74, 6) is 0.214. The predicted octanol–water partition coefficient (Wildman–Crippen LogP) is -1.59. The van der Waals surface area contributed by atoms with E-state index in [1.807, 2.05) is 0 Å². The van der Waals surface area contributed by atoms with E-state index in [1.165, 1.54) is 24.1 Å². The molecule has 2 aromatic heterocycles. The van der Waals surface area contributed by atoms with Crippen LogP contribution in [0.3, 0.4) is 0 Å². The molecule has 0 amide bonds. The Morgan fingerprint density at radius 3 is 2.85 bits per heavy atom. The van der Waals surface area contributed by atoms with Gasteiger partial charge in [0.2, 0.25) is 0 Å². The zero-order chi connectivity index (χ0) is 14.5. The molecule has 1 saturated heterocycles. The summed E-state index contributed by atoms with van der Waals surface area (Å²) in [6, 6.07) is 0. The van der Waals surface area contributed by atoms with Crippen molar-refractivity contribution in [2.45, 2.75) is 31.0 Å². The summed E-state index contributed by atoms with van der Waals surface area (Å²) in [5, 5.41) is 29.6. The number of nitrogens with zero attached hydrogens (tertiary/aromatic N) is 4. The van der Waals surface area contributed by atoms with Crippen molar-refractivity contribution in [3.05, 3.63) is 12.7 Å². The van der Waals surface area contributed by atoms with E-state index in [2.05, 4.69) is 15.0 Å². The summed E-state index contributed by atoms with van der Waals surface area (Å²) >= 11 is 0. The van der Waals surface area contributed by atoms with Crippen molar-refractivity contribution in [1.82, 2.24) is 19.5 Å². The van der Waals surface area contributed by atoms with Gasteiger partial charge in [0.1, 0.15) is 29.7 Å². The molecule has 5 N–H and O–H groups in total. The summed E-state index contributed by atoms with van der Waals surface area (Å²) in [6.45, 7) is 1.02. The van der Waals surface area contributed by atoms with Crippen molar-refractivity contribution in [2.24, 2.45) is 0 Å². The highest BCUT2D eigenvalue weighted by Gasteiger charge is 2.53. The minimum Gasteiger partial charge on any atom is -0.394 e. The van der Waals surface area contributed by atoms with Gasteiger partial charge in [0.05, 0.1) is 12.9 Å². The van der Waals surface area contributed by atoms with E-state index in [9.17, 15) is 15.3 Å². The van der Waals surface area contributed by atoms with Gasteiger partial charge in [-0.25, -0.2) is 15.0 Å². The molecule has 0 aromatic carbocycles. The van der Waals surface area contributed by atoms with Gasteiger partial charge in [0.15, 0.2) is 17.7 Å². The molecule has 3 heterocycles. The minimum absolute atomic E-state index is 0.214. The Hall–Kier alpha value is -1.81. The molecule has 1 aliphatic rings. The van der Waals surface area contributed by atoms with Gasteiger partial charge in [-0.2, -0.15) is 0 Å². The first kappa shape index (κ1) is 13.2. The Balaban J connectivity index is 2.10. The molecule has 9 nitrogen and oxygen atoms in total. The number of aromatic nitrogens is 4. The number of nitrogen functional groups attached to an aromatic ring is 1. The number of hydrogen-bond acceptors (Lipinski definition) is 8. The molecule has 1 aliphatic heterocycles.